The Balaban J connectivity index is 3.95. The Morgan fingerprint density at radius 2 is 1.38 bits per heavy atom. The molecule has 0 saturated carbocycles. The molecular weight excluding hydrogens is 272 g/mol. The first-order chi connectivity index (χ1) is 10.2. The normalized spacial score (nSPS) is 11.3. The van der Waals surface area contributed by atoms with Crippen LogP contribution in [0.2, 0.25) is 0 Å². The molecule has 0 rings (SSSR count). The van der Waals surface area contributed by atoms with E-state index in [-0.39, 0.29) is 12.5 Å². The molecule has 8 heteroatoms. The maximum Gasteiger partial charge on any atom is 0.319 e. The number of methoxy groups -OCH3 is 1. The van der Waals surface area contributed by atoms with E-state index in [2.05, 4.69) is 19.9 Å². The van der Waals surface area contributed by atoms with E-state index in [0.29, 0.717) is 19.6 Å². The first-order valence-corrected chi connectivity index (χ1v) is 7.50. The fraction of sp³-hybridized carbons (Fsp3) is 0.923. The summed E-state index contributed by atoms with van der Waals surface area (Å²) in [6.07, 6.45) is 0. The number of rotatable bonds is 14. The van der Waals surface area contributed by atoms with Crippen LogP contribution in [0.25, 0.3) is 0 Å². The lowest BCUT2D eigenvalue weighted by Gasteiger charge is -2.27. The van der Waals surface area contributed by atoms with Gasteiger partial charge in [0.05, 0.1) is 13.7 Å². The lowest BCUT2D eigenvalue weighted by Crippen LogP contribution is -2.43. The third kappa shape index (κ3) is 11.6. The van der Waals surface area contributed by atoms with Crippen molar-refractivity contribution in [3.8, 4) is 0 Å². The molecule has 0 aliphatic carbocycles. The number of nitrogens with zero attached hydrogens (tertiary/aromatic N) is 2. The topological polar surface area (TPSA) is 123 Å². The Labute approximate surface area is 127 Å². The highest BCUT2D eigenvalue weighted by Gasteiger charge is 2.08. The summed E-state index contributed by atoms with van der Waals surface area (Å²) in [6.45, 7) is 8.07. The van der Waals surface area contributed by atoms with E-state index in [1.165, 1.54) is 7.11 Å². The van der Waals surface area contributed by atoms with Crippen molar-refractivity contribution in [2.75, 3.05) is 79.1 Å². The quantitative estimate of drug-likeness (QED) is 0.201. The molecule has 0 aromatic rings. The van der Waals surface area contributed by atoms with E-state index in [0.717, 1.165) is 45.8 Å². The maximum absolute atomic E-state index is 11.0. The molecular formula is C13H32N6O2. The average molecular weight is 304 g/mol. The van der Waals surface area contributed by atoms with Crippen LogP contribution in [0.5, 0.6) is 0 Å². The molecule has 0 spiro atoms. The predicted octanol–water partition coefficient (Wildman–Crippen LogP) is -2.77. The number of nitrogens with two attached hydrogens (primary N) is 3. The highest BCUT2D eigenvalue weighted by atomic mass is 16.5. The molecule has 0 aliphatic heterocycles. The van der Waals surface area contributed by atoms with Crippen molar-refractivity contribution in [2.24, 2.45) is 17.2 Å². The fourth-order valence-corrected chi connectivity index (χ4v) is 2.00. The van der Waals surface area contributed by atoms with Crippen LogP contribution in [0.4, 0.5) is 0 Å². The molecule has 0 aromatic heterocycles. The molecule has 8 nitrogen and oxygen atoms in total. The zero-order valence-corrected chi connectivity index (χ0v) is 13.2. The van der Waals surface area contributed by atoms with Crippen molar-refractivity contribution >= 4 is 5.97 Å². The molecule has 0 atom stereocenters. The Hall–Kier alpha value is -0.770. The van der Waals surface area contributed by atoms with Gasteiger partial charge in [-0.05, 0) is 0 Å². The van der Waals surface area contributed by atoms with Crippen LogP contribution < -0.4 is 22.5 Å². The molecule has 0 aliphatic rings. The number of carbonyl (C=O) groups excluding carboxylic acids is 1. The van der Waals surface area contributed by atoms with Crippen LogP contribution in [-0.4, -0.2) is 94.9 Å². The van der Waals surface area contributed by atoms with Gasteiger partial charge in [-0.1, -0.05) is 0 Å². The number of ether oxygens (including phenoxy) is 1. The molecule has 126 valence electrons. The highest BCUT2D eigenvalue weighted by Crippen LogP contribution is 1.91. The number of hydrogen-bond donors (Lipinski definition) is 4. The second kappa shape index (κ2) is 14.2. The van der Waals surface area contributed by atoms with Gasteiger partial charge < -0.3 is 27.3 Å². The average Bonchev–Trinajstić information content (AvgIpc) is 2.48. The molecule has 7 N–H and O–H groups in total. The molecule has 21 heavy (non-hydrogen) atoms. The number of hydrogen-bond acceptors (Lipinski definition) is 8. The van der Waals surface area contributed by atoms with Crippen molar-refractivity contribution in [1.82, 2.24) is 15.1 Å². The Morgan fingerprint density at radius 1 is 0.905 bits per heavy atom. The van der Waals surface area contributed by atoms with Gasteiger partial charge in [-0.15, -0.1) is 0 Å². The Morgan fingerprint density at radius 3 is 1.81 bits per heavy atom. The van der Waals surface area contributed by atoms with E-state index in [1.54, 1.807) is 0 Å². The summed E-state index contributed by atoms with van der Waals surface area (Å²) < 4.78 is 4.57. The Kier molecular flexibility index (Phi) is 13.7. The summed E-state index contributed by atoms with van der Waals surface area (Å²) >= 11 is 0. The van der Waals surface area contributed by atoms with Crippen molar-refractivity contribution in [3.05, 3.63) is 0 Å². The summed E-state index contributed by atoms with van der Waals surface area (Å²) in [7, 11) is 1.38. The molecule has 0 fully saturated rings. The van der Waals surface area contributed by atoms with Crippen LogP contribution in [-0.2, 0) is 9.53 Å². The fourth-order valence-electron chi connectivity index (χ4n) is 2.00. The van der Waals surface area contributed by atoms with E-state index in [4.69, 9.17) is 17.2 Å². The second-order valence-electron chi connectivity index (χ2n) is 4.80. The maximum atomic E-state index is 11.0. The van der Waals surface area contributed by atoms with E-state index < -0.39 is 0 Å². The Bertz CT molecular complexity index is 249. The summed E-state index contributed by atoms with van der Waals surface area (Å²) in [5.41, 5.74) is 16.8. The van der Waals surface area contributed by atoms with Gasteiger partial charge in [0.25, 0.3) is 0 Å². The van der Waals surface area contributed by atoms with E-state index in [1.807, 2.05) is 0 Å². The van der Waals surface area contributed by atoms with Gasteiger partial charge in [0.1, 0.15) is 0 Å². The first-order valence-electron chi connectivity index (χ1n) is 7.50. The van der Waals surface area contributed by atoms with Crippen molar-refractivity contribution in [3.63, 3.8) is 0 Å². The van der Waals surface area contributed by atoms with Gasteiger partial charge in [0.2, 0.25) is 0 Å². The van der Waals surface area contributed by atoms with Crippen molar-refractivity contribution < 1.29 is 9.53 Å². The molecule has 0 aromatic carbocycles. The zero-order valence-electron chi connectivity index (χ0n) is 13.2. The third-order valence-electron chi connectivity index (χ3n) is 3.17. The van der Waals surface area contributed by atoms with Crippen LogP contribution >= 0.6 is 0 Å². The van der Waals surface area contributed by atoms with Gasteiger partial charge in [-0.2, -0.15) is 0 Å². The SMILES string of the molecule is COC(=O)CNCCN(CCN)CCN(CCN)CCN. The standard InChI is InChI=1S/C13H32N6O2/c1-21-13(20)12-17-5-9-19(8-4-16)11-10-18(6-2-14)7-3-15/h17H,2-12,14-16H2,1H3. The third-order valence-corrected chi connectivity index (χ3v) is 3.17. The minimum atomic E-state index is -0.252. The van der Waals surface area contributed by atoms with Crippen LogP contribution in [0.15, 0.2) is 0 Å². The van der Waals surface area contributed by atoms with Gasteiger partial charge in [-0.25, -0.2) is 0 Å². The smallest absolute Gasteiger partial charge is 0.319 e. The number of nitrogens with one attached hydrogen (secondary N) is 1. The molecule has 0 amide bonds. The lowest BCUT2D eigenvalue weighted by atomic mass is 10.3. The van der Waals surface area contributed by atoms with Crippen LogP contribution in [0, 0.1) is 0 Å². The van der Waals surface area contributed by atoms with Gasteiger partial charge in [0.15, 0.2) is 0 Å². The summed E-state index contributed by atoms with van der Waals surface area (Å²) in [5.74, 6) is -0.252. The number of esters is 1. The minimum Gasteiger partial charge on any atom is -0.468 e. The van der Waals surface area contributed by atoms with Crippen LogP contribution in [0.1, 0.15) is 0 Å². The van der Waals surface area contributed by atoms with E-state index in [9.17, 15) is 4.79 Å². The highest BCUT2D eigenvalue weighted by molar-refractivity contribution is 5.71. The molecule has 0 saturated heterocycles. The summed E-state index contributed by atoms with van der Waals surface area (Å²) in [4.78, 5) is 15.5. The van der Waals surface area contributed by atoms with Gasteiger partial charge in [-0.3, -0.25) is 14.6 Å². The second-order valence-corrected chi connectivity index (χ2v) is 4.80. The van der Waals surface area contributed by atoms with Crippen molar-refractivity contribution in [1.29, 1.82) is 0 Å². The molecule has 0 heterocycles. The van der Waals surface area contributed by atoms with Gasteiger partial charge >= 0.3 is 5.97 Å². The van der Waals surface area contributed by atoms with Crippen molar-refractivity contribution in [2.45, 2.75) is 0 Å². The summed E-state index contributed by atoms with van der Waals surface area (Å²) in [6, 6.07) is 0. The van der Waals surface area contributed by atoms with Crippen LogP contribution in [0.3, 0.4) is 0 Å². The predicted molar refractivity (Wildman–Crippen MR) is 84.9 cm³/mol. The minimum absolute atomic E-state index is 0.236. The first kappa shape index (κ1) is 20.2. The molecule has 0 unspecified atom stereocenters. The monoisotopic (exact) mass is 304 g/mol. The van der Waals surface area contributed by atoms with E-state index >= 15 is 0 Å². The zero-order chi connectivity index (χ0) is 15.9. The largest absolute Gasteiger partial charge is 0.468 e. The molecule has 0 radical (unpaired) electrons. The summed E-state index contributed by atoms with van der Waals surface area (Å²) in [5, 5.41) is 3.05. The lowest BCUT2D eigenvalue weighted by molar-refractivity contribution is -0.139. The number of carbonyl (C=O) groups is 1. The molecule has 0 bridgehead atoms. The van der Waals surface area contributed by atoms with Gasteiger partial charge in [0, 0.05) is 65.4 Å².